The van der Waals surface area contributed by atoms with Crippen molar-refractivity contribution in [1.82, 2.24) is 0 Å². The van der Waals surface area contributed by atoms with E-state index in [1.54, 1.807) is 18.2 Å². The minimum absolute atomic E-state index is 0.210. The van der Waals surface area contributed by atoms with E-state index in [0.717, 1.165) is 23.0 Å². The number of carbonyl (C=O) groups is 1. The van der Waals surface area contributed by atoms with Crippen molar-refractivity contribution in [2.75, 3.05) is 6.79 Å². The van der Waals surface area contributed by atoms with Crippen molar-refractivity contribution < 1.29 is 19.0 Å². The number of nitrogens with zero attached hydrogens (tertiary/aromatic N) is 1. The zero-order valence-corrected chi connectivity index (χ0v) is 14.4. The van der Waals surface area contributed by atoms with Gasteiger partial charge in [0.15, 0.2) is 16.6 Å². The highest BCUT2D eigenvalue weighted by molar-refractivity contribution is 7.12. The third-order valence-corrected chi connectivity index (χ3v) is 4.90. The summed E-state index contributed by atoms with van der Waals surface area (Å²) in [7, 11) is 0. The van der Waals surface area contributed by atoms with Crippen molar-refractivity contribution in [3.63, 3.8) is 0 Å². The molecule has 0 atom stereocenters. The molecular formula is C20H13NO4S. The summed E-state index contributed by atoms with van der Waals surface area (Å²) in [6.07, 6.45) is 0.799. The van der Waals surface area contributed by atoms with Crippen LogP contribution in [0.15, 0.2) is 47.8 Å². The van der Waals surface area contributed by atoms with Gasteiger partial charge in [-0.05, 0) is 29.3 Å². The second-order valence-corrected chi connectivity index (χ2v) is 6.49. The predicted octanol–water partition coefficient (Wildman–Crippen LogP) is 4.41. The normalized spacial score (nSPS) is 11.8. The van der Waals surface area contributed by atoms with Gasteiger partial charge in [0.25, 0.3) is 0 Å². The molecule has 1 aromatic heterocycles. The molecule has 0 N–H and O–H groups in total. The first-order valence-corrected chi connectivity index (χ1v) is 8.75. The Morgan fingerprint density at radius 1 is 1.19 bits per heavy atom. The van der Waals surface area contributed by atoms with E-state index in [9.17, 15) is 10.1 Å². The molecule has 128 valence electrons. The molecule has 4 rings (SSSR count). The van der Waals surface area contributed by atoms with Gasteiger partial charge < -0.3 is 14.2 Å². The van der Waals surface area contributed by atoms with Crippen LogP contribution in [0.25, 0.3) is 11.1 Å². The Morgan fingerprint density at radius 3 is 2.92 bits per heavy atom. The average molecular weight is 363 g/mol. The van der Waals surface area contributed by atoms with E-state index in [2.05, 4.69) is 6.07 Å². The third-order valence-electron chi connectivity index (χ3n) is 4.01. The van der Waals surface area contributed by atoms with Crippen LogP contribution in [0.3, 0.4) is 0 Å². The second-order valence-electron chi connectivity index (χ2n) is 5.64. The van der Waals surface area contributed by atoms with E-state index in [4.69, 9.17) is 14.2 Å². The van der Waals surface area contributed by atoms with Crippen molar-refractivity contribution in [3.05, 3.63) is 64.5 Å². The SMILES string of the molecule is N#Cc1c(-c2ccc3c(c2)OCO3)csc1OCc1cccc(C=O)c1. The minimum Gasteiger partial charge on any atom is -0.478 e. The number of ether oxygens (including phenoxy) is 3. The quantitative estimate of drug-likeness (QED) is 0.628. The molecule has 0 radical (unpaired) electrons. The van der Waals surface area contributed by atoms with Crippen LogP contribution >= 0.6 is 11.3 Å². The number of carbonyl (C=O) groups excluding carboxylic acids is 1. The Bertz CT molecular complexity index is 1020. The Balaban J connectivity index is 1.59. The van der Waals surface area contributed by atoms with Gasteiger partial charge >= 0.3 is 0 Å². The highest BCUT2D eigenvalue weighted by atomic mass is 32.1. The molecule has 5 nitrogen and oxygen atoms in total. The zero-order valence-electron chi connectivity index (χ0n) is 13.6. The van der Waals surface area contributed by atoms with Gasteiger partial charge in [0.05, 0.1) is 0 Å². The molecule has 1 aliphatic rings. The average Bonchev–Trinajstić information content (AvgIpc) is 3.32. The second kappa shape index (κ2) is 6.90. The van der Waals surface area contributed by atoms with Crippen LogP contribution in [-0.4, -0.2) is 13.1 Å². The van der Waals surface area contributed by atoms with Crippen molar-refractivity contribution >= 4 is 17.6 Å². The van der Waals surface area contributed by atoms with Gasteiger partial charge in [-0.25, -0.2) is 0 Å². The Kier molecular flexibility index (Phi) is 4.30. The van der Waals surface area contributed by atoms with Crippen LogP contribution in [0.5, 0.6) is 16.6 Å². The Hall–Kier alpha value is -3.30. The lowest BCUT2D eigenvalue weighted by molar-refractivity contribution is 0.112. The highest BCUT2D eigenvalue weighted by Crippen LogP contribution is 2.41. The van der Waals surface area contributed by atoms with Crippen molar-refractivity contribution in [2.45, 2.75) is 6.61 Å². The third kappa shape index (κ3) is 3.01. The summed E-state index contributed by atoms with van der Waals surface area (Å²) in [5.41, 5.74) is 3.63. The number of hydrogen-bond acceptors (Lipinski definition) is 6. The lowest BCUT2D eigenvalue weighted by Crippen LogP contribution is -1.96. The summed E-state index contributed by atoms with van der Waals surface area (Å²) in [5.74, 6) is 1.37. The number of hydrogen-bond donors (Lipinski definition) is 0. The highest BCUT2D eigenvalue weighted by Gasteiger charge is 2.18. The first kappa shape index (κ1) is 16.2. The molecule has 0 spiro atoms. The summed E-state index contributed by atoms with van der Waals surface area (Å²) in [6, 6.07) is 15.0. The monoisotopic (exact) mass is 363 g/mol. The van der Waals surface area contributed by atoms with Crippen molar-refractivity contribution in [2.24, 2.45) is 0 Å². The molecule has 2 heterocycles. The fourth-order valence-corrected chi connectivity index (χ4v) is 3.61. The number of benzene rings is 2. The summed E-state index contributed by atoms with van der Waals surface area (Å²) in [6.45, 7) is 0.499. The minimum atomic E-state index is 0.210. The lowest BCUT2D eigenvalue weighted by Gasteiger charge is -2.06. The standard InChI is InChI=1S/C20H13NO4S/c21-8-16-17(15-4-5-18-19(7-15)25-12-24-18)11-26-20(16)23-10-14-3-1-2-13(6-14)9-22/h1-7,9,11H,10,12H2. The molecule has 0 fully saturated rings. The summed E-state index contributed by atoms with van der Waals surface area (Å²) < 4.78 is 16.6. The molecular weight excluding hydrogens is 350 g/mol. The summed E-state index contributed by atoms with van der Waals surface area (Å²) in [4.78, 5) is 10.9. The van der Waals surface area contributed by atoms with Gasteiger partial charge in [-0.15, -0.1) is 11.3 Å². The maximum atomic E-state index is 10.9. The van der Waals surface area contributed by atoms with Crippen LogP contribution < -0.4 is 14.2 Å². The number of aldehydes is 1. The van der Waals surface area contributed by atoms with E-state index >= 15 is 0 Å². The summed E-state index contributed by atoms with van der Waals surface area (Å²) >= 11 is 1.37. The largest absolute Gasteiger partial charge is 0.478 e. The number of fused-ring (bicyclic) bond motifs is 1. The van der Waals surface area contributed by atoms with Crippen molar-refractivity contribution in [1.29, 1.82) is 5.26 Å². The van der Waals surface area contributed by atoms with Gasteiger partial charge in [-0.1, -0.05) is 24.3 Å². The first-order valence-electron chi connectivity index (χ1n) is 7.87. The van der Waals surface area contributed by atoms with Crippen LogP contribution in [0.4, 0.5) is 0 Å². The van der Waals surface area contributed by atoms with E-state index in [-0.39, 0.29) is 13.4 Å². The number of thiophene rings is 1. The van der Waals surface area contributed by atoms with Crippen LogP contribution in [-0.2, 0) is 6.61 Å². The smallest absolute Gasteiger partial charge is 0.231 e. The van der Waals surface area contributed by atoms with Gasteiger partial charge in [0, 0.05) is 16.5 Å². The molecule has 0 bridgehead atoms. The molecule has 0 unspecified atom stereocenters. The molecule has 0 saturated carbocycles. The van der Waals surface area contributed by atoms with E-state index in [1.807, 2.05) is 29.6 Å². The maximum absolute atomic E-state index is 10.9. The molecule has 0 saturated heterocycles. The maximum Gasteiger partial charge on any atom is 0.231 e. The fourth-order valence-electron chi connectivity index (χ4n) is 2.73. The van der Waals surface area contributed by atoms with Gasteiger partial charge in [0.2, 0.25) is 6.79 Å². The van der Waals surface area contributed by atoms with Gasteiger partial charge in [0.1, 0.15) is 24.5 Å². The molecule has 0 aliphatic carbocycles. The molecule has 1 aliphatic heterocycles. The number of rotatable bonds is 5. The molecule has 0 amide bonds. The van der Waals surface area contributed by atoms with Gasteiger partial charge in [-0.3, -0.25) is 4.79 Å². The van der Waals surface area contributed by atoms with Gasteiger partial charge in [-0.2, -0.15) is 5.26 Å². The number of nitriles is 1. The lowest BCUT2D eigenvalue weighted by atomic mass is 10.0. The topological polar surface area (TPSA) is 68.6 Å². The summed E-state index contributed by atoms with van der Waals surface area (Å²) in [5, 5.41) is 12.0. The Morgan fingerprint density at radius 2 is 2.08 bits per heavy atom. The fraction of sp³-hybridized carbons (Fsp3) is 0.100. The van der Waals surface area contributed by atoms with E-state index in [0.29, 0.717) is 27.7 Å². The molecule has 6 heteroatoms. The molecule has 26 heavy (non-hydrogen) atoms. The molecule has 3 aromatic rings. The molecule has 2 aromatic carbocycles. The van der Waals surface area contributed by atoms with E-state index in [1.165, 1.54) is 11.3 Å². The van der Waals surface area contributed by atoms with Crippen LogP contribution in [0.1, 0.15) is 21.5 Å². The first-order chi connectivity index (χ1) is 12.8. The van der Waals surface area contributed by atoms with E-state index < -0.39 is 0 Å². The van der Waals surface area contributed by atoms with Crippen LogP contribution in [0.2, 0.25) is 0 Å². The van der Waals surface area contributed by atoms with Crippen LogP contribution in [0, 0.1) is 11.3 Å². The Labute approximate surface area is 154 Å². The van der Waals surface area contributed by atoms with Crippen molar-refractivity contribution in [3.8, 4) is 33.8 Å². The zero-order chi connectivity index (χ0) is 17.9. The predicted molar refractivity (Wildman–Crippen MR) is 96.8 cm³/mol.